The van der Waals surface area contributed by atoms with Crippen LogP contribution in [0.2, 0.25) is 10.0 Å². The first-order valence-electron chi connectivity index (χ1n) is 6.67. The summed E-state index contributed by atoms with van der Waals surface area (Å²) in [4.78, 5) is 0. The van der Waals surface area contributed by atoms with Crippen molar-refractivity contribution >= 4 is 23.2 Å². The minimum Gasteiger partial charge on any atom is -0.205 e. The van der Waals surface area contributed by atoms with Crippen LogP contribution in [0.15, 0.2) is 36.4 Å². The quantitative estimate of drug-likeness (QED) is 0.632. The van der Waals surface area contributed by atoms with Crippen LogP contribution in [0.4, 0.5) is 4.39 Å². The molecule has 0 aliphatic heterocycles. The maximum atomic E-state index is 13.5. The molecule has 0 aromatic heterocycles. The lowest BCUT2D eigenvalue weighted by Gasteiger charge is -2.14. The van der Waals surface area contributed by atoms with Crippen LogP contribution < -0.4 is 0 Å². The van der Waals surface area contributed by atoms with E-state index in [-0.39, 0.29) is 10.8 Å². The summed E-state index contributed by atoms with van der Waals surface area (Å²) in [6.45, 7) is 4.12. The normalized spacial score (nSPS) is 12.4. The molecule has 1 unspecified atom stereocenters. The molecule has 0 heterocycles. The highest BCUT2D eigenvalue weighted by molar-refractivity contribution is 6.31. The zero-order valence-electron chi connectivity index (χ0n) is 11.6. The zero-order chi connectivity index (χ0) is 14.7. The molecule has 1 atom stereocenters. The Morgan fingerprint density at radius 2 is 1.90 bits per heavy atom. The summed E-state index contributed by atoms with van der Waals surface area (Å²) in [6, 6.07) is 11.1. The molecule has 0 aliphatic rings. The molecule has 0 spiro atoms. The van der Waals surface area contributed by atoms with E-state index in [9.17, 15) is 4.39 Å². The van der Waals surface area contributed by atoms with Gasteiger partial charge < -0.3 is 0 Å². The molecule has 0 aliphatic carbocycles. The second-order valence-electron chi connectivity index (χ2n) is 5.19. The van der Waals surface area contributed by atoms with Gasteiger partial charge in [-0.1, -0.05) is 42.3 Å². The molecule has 106 valence electrons. The van der Waals surface area contributed by atoms with Crippen LogP contribution >= 0.6 is 23.2 Å². The van der Waals surface area contributed by atoms with E-state index in [4.69, 9.17) is 23.2 Å². The average Bonchev–Trinajstić information content (AvgIpc) is 2.41. The van der Waals surface area contributed by atoms with E-state index in [2.05, 4.69) is 13.0 Å². The van der Waals surface area contributed by atoms with Gasteiger partial charge in [-0.2, -0.15) is 0 Å². The van der Waals surface area contributed by atoms with E-state index in [1.54, 1.807) is 12.1 Å². The molecule has 2 aromatic rings. The van der Waals surface area contributed by atoms with Crippen molar-refractivity contribution in [3.63, 3.8) is 0 Å². The lowest BCUT2D eigenvalue weighted by molar-refractivity contribution is 0.620. The van der Waals surface area contributed by atoms with E-state index >= 15 is 0 Å². The number of halogens is 3. The maximum Gasteiger partial charge on any atom is 0.142 e. The molecule has 0 radical (unpaired) electrons. The van der Waals surface area contributed by atoms with Gasteiger partial charge in [-0.15, -0.1) is 0 Å². The summed E-state index contributed by atoms with van der Waals surface area (Å²) in [6.07, 6.45) is 1.77. The summed E-state index contributed by atoms with van der Waals surface area (Å²) >= 11 is 11.8. The Morgan fingerprint density at radius 1 is 1.15 bits per heavy atom. The Morgan fingerprint density at radius 3 is 2.60 bits per heavy atom. The molecular formula is C17H17Cl2F. The highest BCUT2D eigenvalue weighted by atomic mass is 35.5. The van der Waals surface area contributed by atoms with E-state index in [1.807, 2.05) is 25.1 Å². The van der Waals surface area contributed by atoms with Gasteiger partial charge in [-0.3, -0.25) is 0 Å². The van der Waals surface area contributed by atoms with Crippen molar-refractivity contribution in [2.75, 3.05) is 0 Å². The minimum atomic E-state index is -0.345. The summed E-state index contributed by atoms with van der Waals surface area (Å²) < 4.78 is 13.5. The van der Waals surface area contributed by atoms with E-state index in [1.165, 1.54) is 5.56 Å². The molecule has 0 N–H and O–H groups in total. The molecule has 2 rings (SSSR count). The smallest absolute Gasteiger partial charge is 0.142 e. The van der Waals surface area contributed by atoms with Crippen molar-refractivity contribution in [1.82, 2.24) is 0 Å². The highest BCUT2D eigenvalue weighted by Crippen LogP contribution is 2.26. The first-order chi connectivity index (χ1) is 9.47. The van der Waals surface area contributed by atoms with Crippen LogP contribution in [-0.2, 0) is 6.42 Å². The number of aryl methyl sites for hydroxylation is 2. The van der Waals surface area contributed by atoms with Crippen LogP contribution in [0, 0.1) is 12.7 Å². The molecule has 20 heavy (non-hydrogen) atoms. The van der Waals surface area contributed by atoms with E-state index < -0.39 is 0 Å². The van der Waals surface area contributed by atoms with Gasteiger partial charge in [0.2, 0.25) is 0 Å². The second kappa shape index (κ2) is 6.60. The van der Waals surface area contributed by atoms with Gasteiger partial charge in [0, 0.05) is 5.02 Å². The van der Waals surface area contributed by atoms with E-state index in [0.717, 1.165) is 29.0 Å². The number of hydrogen-bond acceptors (Lipinski definition) is 0. The molecule has 2 aromatic carbocycles. The van der Waals surface area contributed by atoms with Crippen LogP contribution in [0.25, 0.3) is 0 Å². The third-order valence-corrected chi connectivity index (χ3v) is 4.17. The predicted octanol–water partition coefficient (Wildman–Crippen LogP) is 6.18. The van der Waals surface area contributed by atoms with Crippen LogP contribution in [-0.4, -0.2) is 0 Å². The Bertz CT molecular complexity index is 608. The van der Waals surface area contributed by atoms with Gasteiger partial charge in [0.1, 0.15) is 5.82 Å². The summed E-state index contributed by atoms with van der Waals surface area (Å²) in [7, 11) is 0. The fourth-order valence-electron chi connectivity index (χ4n) is 2.31. The Kier molecular flexibility index (Phi) is 5.06. The van der Waals surface area contributed by atoms with Gasteiger partial charge >= 0.3 is 0 Å². The van der Waals surface area contributed by atoms with Gasteiger partial charge in [0.15, 0.2) is 0 Å². The van der Waals surface area contributed by atoms with Crippen molar-refractivity contribution in [1.29, 1.82) is 0 Å². The minimum absolute atomic E-state index is 0.189. The van der Waals surface area contributed by atoms with Crippen LogP contribution in [0.1, 0.15) is 36.0 Å². The van der Waals surface area contributed by atoms with Crippen LogP contribution in [0.3, 0.4) is 0 Å². The van der Waals surface area contributed by atoms with Gasteiger partial charge in [-0.05, 0) is 66.6 Å². The molecule has 0 fully saturated rings. The Hall–Kier alpha value is -1.05. The third kappa shape index (κ3) is 3.74. The topological polar surface area (TPSA) is 0 Å². The lowest BCUT2D eigenvalue weighted by atomic mass is 9.93. The fraction of sp³-hybridized carbons (Fsp3) is 0.294. The van der Waals surface area contributed by atoms with Gasteiger partial charge in [0.25, 0.3) is 0 Å². The molecule has 3 heteroatoms. The summed E-state index contributed by atoms with van der Waals surface area (Å²) in [5.74, 6) is 0.0366. The van der Waals surface area contributed by atoms with Crippen molar-refractivity contribution in [3.05, 3.63) is 69.0 Å². The maximum absolute atomic E-state index is 13.5. The molecule has 0 amide bonds. The first kappa shape index (κ1) is 15.3. The molecule has 0 nitrogen and oxygen atoms in total. The largest absolute Gasteiger partial charge is 0.205 e. The van der Waals surface area contributed by atoms with E-state index in [0.29, 0.717) is 5.92 Å². The summed E-state index contributed by atoms with van der Waals surface area (Å²) in [5.41, 5.74) is 3.26. The number of benzene rings is 2. The van der Waals surface area contributed by atoms with Gasteiger partial charge in [-0.25, -0.2) is 4.39 Å². The van der Waals surface area contributed by atoms with Crippen molar-refractivity contribution in [3.8, 4) is 0 Å². The van der Waals surface area contributed by atoms with Crippen molar-refractivity contribution < 1.29 is 4.39 Å². The number of hydrogen-bond donors (Lipinski definition) is 0. The Balaban J connectivity index is 2.07. The monoisotopic (exact) mass is 310 g/mol. The third-order valence-electron chi connectivity index (χ3n) is 3.64. The first-order valence-corrected chi connectivity index (χ1v) is 7.43. The standard InChI is InChI=1S/C17H17Cl2F/c1-11(13-4-3-5-15(18)9-13)6-7-14-10-17(20)16(19)8-12(14)2/h3-5,8-11H,6-7H2,1-2H3. The molecule has 0 saturated heterocycles. The molecule has 0 bridgehead atoms. The average molecular weight is 311 g/mol. The van der Waals surface area contributed by atoms with Crippen molar-refractivity contribution in [2.45, 2.75) is 32.6 Å². The fourth-order valence-corrected chi connectivity index (χ4v) is 2.73. The van der Waals surface area contributed by atoms with Crippen molar-refractivity contribution in [2.24, 2.45) is 0 Å². The summed E-state index contributed by atoms with van der Waals surface area (Å²) in [5, 5.41) is 0.942. The number of rotatable bonds is 4. The predicted molar refractivity (Wildman–Crippen MR) is 84.3 cm³/mol. The lowest BCUT2D eigenvalue weighted by Crippen LogP contribution is -1.99. The van der Waals surface area contributed by atoms with Crippen LogP contribution in [0.5, 0.6) is 0 Å². The molecule has 0 saturated carbocycles. The second-order valence-corrected chi connectivity index (χ2v) is 6.03. The SMILES string of the molecule is Cc1cc(Cl)c(F)cc1CCC(C)c1cccc(Cl)c1. The molecular weight excluding hydrogens is 294 g/mol. The highest BCUT2D eigenvalue weighted by Gasteiger charge is 2.10. The zero-order valence-corrected chi connectivity index (χ0v) is 13.1. The Labute approximate surface area is 129 Å². The van der Waals surface area contributed by atoms with Gasteiger partial charge in [0.05, 0.1) is 5.02 Å².